The molecule has 1 N–H and O–H groups in total. The summed E-state index contributed by atoms with van der Waals surface area (Å²) in [5, 5.41) is 8.26. The average molecular weight is 547 g/mol. The lowest BCUT2D eigenvalue weighted by Gasteiger charge is -2.11. The van der Waals surface area contributed by atoms with Crippen molar-refractivity contribution < 1.29 is 14.3 Å². The molecule has 0 unspecified atom stereocenters. The zero-order chi connectivity index (χ0) is 24.8. The maximum absolute atomic E-state index is 12.5. The van der Waals surface area contributed by atoms with Crippen molar-refractivity contribution >= 4 is 63.5 Å². The van der Waals surface area contributed by atoms with Crippen LogP contribution in [0.5, 0.6) is 11.5 Å². The van der Waals surface area contributed by atoms with Crippen molar-refractivity contribution in [1.82, 2.24) is 4.98 Å². The number of esters is 1. The van der Waals surface area contributed by atoms with Crippen molar-refractivity contribution in [3.05, 3.63) is 92.2 Å². The number of anilines is 1. The average Bonchev–Trinajstić information content (AvgIpc) is 3.29. The van der Waals surface area contributed by atoms with Gasteiger partial charge in [-0.05, 0) is 67.1 Å². The Labute approximate surface area is 221 Å². The molecule has 1 aromatic heterocycles. The molecular formula is C25H18Cl3N3O3S. The minimum Gasteiger partial charge on any atom is -0.490 e. The molecule has 0 saturated heterocycles. The Morgan fingerprint density at radius 2 is 1.89 bits per heavy atom. The normalized spacial score (nSPS) is 11.0. The minimum absolute atomic E-state index is 0.298. The predicted octanol–water partition coefficient (Wildman–Crippen LogP) is 7.83. The molecule has 0 fully saturated rings. The highest BCUT2D eigenvalue weighted by atomic mass is 35.5. The number of ether oxygens (including phenoxy) is 2. The van der Waals surface area contributed by atoms with E-state index in [4.69, 9.17) is 44.3 Å². The molecular weight excluding hydrogens is 529 g/mol. The second-order valence-corrected chi connectivity index (χ2v) is 9.21. The van der Waals surface area contributed by atoms with Crippen LogP contribution in [0.15, 0.2) is 71.1 Å². The fraction of sp³-hybridized carbons (Fsp3) is 0.0800. The monoisotopic (exact) mass is 545 g/mol. The lowest BCUT2D eigenvalue weighted by Crippen LogP contribution is -2.09. The number of hydrogen-bond donors (Lipinski definition) is 1. The topological polar surface area (TPSA) is 72.8 Å². The Bertz CT molecular complexity index is 1390. The molecule has 0 aliphatic carbocycles. The number of thiazole rings is 1. The number of nitrogens with zero attached hydrogens (tertiary/aromatic N) is 2. The van der Waals surface area contributed by atoms with Gasteiger partial charge in [-0.3, -0.25) is 5.43 Å². The fourth-order valence-corrected chi connectivity index (χ4v) is 4.39. The Kier molecular flexibility index (Phi) is 8.25. The van der Waals surface area contributed by atoms with Gasteiger partial charge in [0.15, 0.2) is 11.5 Å². The molecule has 0 radical (unpaired) electrons. The van der Waals surface area contributed by atoms with E-state index in [1.54, 1.807) is 60.8 Å². The van der Waals surface area contributed by atoms with E-state index in [9.17, 15) is 4.79 Å². The summed E-state index contributed by atoms with van der Waals surface area (Å²) in [6.45, 7) is 2.24. The SMILES string of the molecule is CCOc1cc(C=NNc2nc(-c3ccc(Cl)cc3Cl)cs2)ccc1OC(=O)c1cccc(Cl)c1. The summed E-state index contributed by atoms with van der Waals surface area (Å²) < 4.78 is 11.2. The standard InChI is InChI=1S/C25H18Cl3N3O3S/c1-2-33-23-10-15(6-9-22(23)34-24(32)16-4-3-5-17(26)11-16)13-29-31-25-30-21(14-35-25)19-8-7-18(27)12-20(19)28/h3-14H,2H2,1H3,(H,30,31). The highest BCUT2D eigenvalue weighted by Gasteiger charge is 2.14. The molecule has 178 valence electrons. The number of hydrogen-bond acceptors (Lipinski definition) is 7. The fourth-order valence-electron chi connectivity index (χ4n) is 3.04. The van der Waals surface area contributed by atoms with Crippen molar-refractivity contribution in [2.75, 3.05) is 12.0 Å². The Hall–Kier alpha value is -3.10. The van der Waals surface area contributed by atoms with Gasteiger partial charge in [0, 0.05) is 21.0 Å². The number of carbonyl (C=O) groups excluding carboxylic acids is 1. The highest BCUT2D eigenvalue weighted by Crippen LogP contribution is 2.32. The maximum Gasteiger partial charge on any atom is 0.343 e. The molecule has 10 heteroatoms. The number of benzene rings is 3. The zero-order valence-corrected chi connectivity index (χ0v) is 21.4. The first-order chi connectivity index (χ1) is 16.9. The second kappa shape index (κ2) is 11.6. The van der Waals surface area contributed by atoms with Gasteiger partial charge in [-0.2, -0.15) is 5.10 Å². The number of nitrogens with one attached hydrogen (secondary N) is 1. The Balaban J connectivity index is 1.45. The molecule has 0 aliphatic heterocycles. The molecule has 0 aliphatic rings. The number of halogens is 3. The van der Waals surface area contributed by atoms with E-state index >= 15 is 0 Å². The summed E-state index contributed by atoms with van der Waals surface area (Å²) in [6.07, 6.45) is 1.61. The molecule has 35 heavy (non-hydrogen) atoms. The van der Waals surface area contributed by atoms with Crippen LogP contribution in [-0.2, 0) is 0 Å². The minimum atomic E-state index is -0.531. The third-order valence-corrected chi connectivity index (χ3v) is 6.15. The van der Waals surface area contributed by atoms with E-state index in [2.05, 4.69) is 15.5 Å². The predicted molar refractivity (Wildman–Crippen MR) is 143 cm³/mol. The van der Waals surface area contributed by atoms with Crippen LogP contribution in [0.1, 0.15) is 22.8 Å². The van der Waals surface area contributed by atoms with E-state index in [0.717, 1.165) is 16.8 Å². The van der Waals surface area contributed by atoms with Crippen molar-refractivity contribution in [3.63, 3.8) is 0 Å². The van der Waals surface area contributed by atoms with Gasteiger partial charge in [0.05, 0.1) is 29.1 Å². The van der Waals surface area contributed by atoms with Crippen molar-refractivity contribution in [2.24, 2.45) is 5.10 Å². The summed E-state index contributed by atoms with van der Waals surface area (Å²) >= 11 is 19.6. The van der Waals surface area contributed by atoms with E-state index in [1.807, 2.05) is 18.4 Å². The first-order valence-electron chi connectivity index (χ1n) is 10.4. The van der Waals surface area contributed by atoms with Gasteiger partial charge in [-0.15, -0.1) is 11.3 Å². The largest absolute Gasteiger partial charge is 0.490 e. The number of rotatable bonds is 8. The zero-order valence-electron chi connectivity index (χ0n) is 18.3. The van der Waals surface area contributed by atoms with Crippen LogP contribution < -0.4 is 14.9 Å². The van der Waals surface area contributed by atoms with Gasteiger partial charge in [0.1, 0.15) is 0 Å². The molecule has 0 saturated carbocycles. The van der Waals surface area contributed by atoms with Crippen LogP contribution in [-0.4, -0.2) is 23.8 Å². The number of carbonyl (C=O) groups is 1. The summed E-state index contributed by atoms with van der Waals surface area (Å²) in [6, 6.07) is 16.9. The quantitative estimate of drug-likeness (QED) is 0.105. The van der Waals surface area contributed by atoms with Gasteiger partial charge in [0.25, 0.3) is 0 Å². The van der Waals surface area contributed by atoms with Crippen LogP contribution >= 0.6 is 46.1 Å². The summed E-state index contributed by atoms with van der Waals surface area (Å²) in [7, 11) is 0. The molecule has 4 rings (SSSR count). The van der Waals surface area contributed by atoms with Gasteiger partial charge in [-0.25, -0.2) is 9.78 Å². The van der Waals surface area contributed by atoms with Crippen LogP contribution in [0.3, 0.4) is 0 Å². The first-order valence-corrected chi connectivity index (χ1v) is 12.4. The molecule has 3 aromatic carbocycles. The summed E-state index contributed by atoms with van der Waals surface area (Å²) in [4.78, 5) is 17.0. The van der Waals surface area contributed by atoms with Crippen LogP contribution in [0, 0.1) is 0 Å². The maximum atomic E-state index is 12.5. The summed E-state index contributed by atoms with van der Waals surface area (Å²) in [5.41, 5.74) is 5.50. The Morgan fingerprint density at radius 3 is 2.66 bits per heavy atom. The van der Waals surface area contributed by atoms with Gasteiger partial charge < -0.3 is 9.47 Å². The van der Waals surface area contributed by atoms with Crippen molar-refractivity contribution in [3.8, 4) is 22.8 Å². The third-order valence-electron chi connectivity index (χ3n) is 4.62. The smallest absolute Gasteiger partial charge is 0.343 e. The lowest BCUT2D eigenvalue weighted by molar-refractivity contribution is 0.0728. The van der Waals surface area contributed by atoms with Gasteiger partial charge in [0.2, 0.25) is 5.13 Å². The third kappa shape index (κ3) is 6.52. The van der Waals surface area contributed by atoms with Crippen LogP contribution in [0.25, 0.3) is 11.3 Å². The van der Waals surface area contributed by atoms with E-state index in [1.165, 1.54) is 11.3 Å². The van der Waals surface area contributed by atoms with E-state index in [-0.39, 0.29) is 0 Å². The molecule has 6 nitrogen and oxygen atoms in total. The van der Waals surface area contributed by atoms with Gasteiger partial charge in [-0.1, -0.05) is 40.9 Å². The number of aromatic nitrogens is 1. The van der Waals surface area contributed by atoms with E-state index in [0.29, 0.717) is 43.9 Å². The summed E-state index contributed by atoms with van der Waals surface area (Å²) in [5.74, 6) is 0.184. The molecule has 0 bridgehead atoms. The van der Waals surface area contributed by atoms with Crippen molar-refractivity contribution in [1.29, 1.82) is 0 Å². The number of hydrazone groups is 1. The van der Waals surface area contributed by atoms with Gasteiger partial charge >= 0.3 is 5.97 Å². The van der Waals surface area contributed by atoms with Crippen LogP contribution in [0.2, 0.25) is 15.1 Å². The van der Waals surface area contributed by atoms with Crippen LogP contribution in [0.4, 0.5) is 5.13 Å². The molecule has 0 spiro atoms. The molecule has 1 heterocycles. The molecule has 0 amide bonds. The second-order valence-electron chi connectivity index (χ2n) is 7.07. The lowest BCUT2D eigenvalue weighted by atomic mass is 10.2. The Morgan fingerprint density at radius 1 is 1.06 bits per heavy atom. The highest BCUT2D eigenvalue weighted by molar-refractivity contribution is 7.14. The first kappa shape index (κ1) is 25.0. The van der Waals surface area contributed by atoms with Crippen molar-refractivity contribution in [2.45, 2.75) is 6.92 Å². The van der Waals surface area contributed by atoms with E-state index < -0.39 is 5.97 Å². The molecule has 4 aromatic rings. The molecule has 0 atom stereocenters.